The van der Waals surface area contributed by atoms with Crippen LogP contribution in [0.25, 0.3) is 0 Å². The van der Waals surface area contributed by atoms with E-state index in [0.717, 1.165) is 5.82 Å². The van der Waals surface area contributed by atoms with Crippen molar-refractivity contribution in [2.75, 3.05) is 71.0 Å². The monoisotopic (exact) mass is 551 g/mol. The van der Waals surface area contributed by atoms with E-state index in [1.807, 2.05) is 6.07 Å². The molecule has 210 valence electrons. The van der Waals surface area contributed by atoms with Crippen molar-refractivity contribution in [2.24, 2.45) is 11.7 Å². The summed E-state index contributed by atoms with van der Waals surface area (Å²) in [4.78, 5) is 50.7. The molecular weight excluding hydrogens is 514 g/mol. The van der Waals surface area contributed by atoms with Gasteiger partial charge in [-0.25, -0.2) is 9.78 Å². The molecule has 3 N–H and O–H groups in total. The molecule has 38 heavy (non-hydrogen) atoms. The van der Waals surface area contributed by atoms with Gasteiger partial charge in [0.2, 0.25) is 5.91 Å². The number of nitrogens with zero attached hydrogens (tertiary/aromatic N) is 5. The van der Waals surface area contributed by atoms with Crippen LogP contribution < -0.4 is 10.6 Å². The maximum absolute atomic E-state index is 13.7. The lowest BCUT2D eigenvalue weighted by Gasteiger charge is -2.42. The molecule has 0 aromatic carbocycles. The summed E-state index contributed by atoms with van der Waals surface area (Å²) in [6.07, 6.45) is 4.19. The number of nitrogens with two attached hydrogens (primary N) is 1. The van der Waals surface area contributed by atoms with Crippen molar-refractivity contribution >= 4 is 42.0 Å². The number of amides is 3. The molecule has 0 radical (unpaired) electrons. The number of hydrogen-bond acceptors (Lipinski definition) is 8. The number of anilines is 1. The number of morpholine rings is 1. The molecule has 3 amide bonds. The number of ether oxygens (including phenoxy) is 2. The first-order valence-corrected chi connectivity index (χ1v) is 12.9. The molecule has 1 aromatic heterocycles. The summed E-state index contributed by atoms with van der Waals surface area (Å²) in [5.74, 6) is 0.319. The zero-order chi connectivity index (χ0) is 26.4. The number of nitrogens with one attached hydrogen (secondary N) is 1. The Labute approximate surface area is 229 Å². The van der Waals surface area contributed by atoms with E-state index in [9.17, 15) is 14.4 Å². The quantitative estimate of drug-likeness (QED) is 0.301. The minimum atomic E-state index is -0.207. The fourth-order valence-corrected chi connectivity index (χ4v) is 5.24. The molecule has 0 spiro atoms. The van der Waals surface area contributed by atoms with Crippen molar-refractivity contribution in [1.82, 2.24) is 19.7 Å². The number of piperazine rings is 1. The highest BCUT2D eigenvalue weighted by atomic mass is 35.5. The van der Waals surface area contributed by atoms with E-state index in [0.29, 0.717) is 83.7 Å². The van der Waals surface area contributed by atoms with Crippen LogP contribution in [0.4, 0.5) is 10.6 Å². The largest absolute Gasteiger partial charge is 0.469 e. The van der Waals surface area contributed by atoms with Crippen LogP contribution >= 0.6 is 12.4 Å². The second-order valence-electron chi connectivity index (χ2n) is 9.73. The summed E-state index contributed by atoms with van der Waals surface area (Å²) in [5.41, 5.74) is 6.09. The average molecular weight is 552 g/mol. The molecule has 1 saturated carbocycles. The SMILES string of the molecule is COC(=O)C1CCC(N(CC(=O)N2CCOCC2)C(=O)N2CCN(c3ccc(C(=N)N)cn3)CC2)CC1.Cl. The predicted octanol–water partition coefficient (Wildman–Crippen LogP) is 0.922. The number of rotatable bonds is 6. The van der Waals surface area contributed by atoms with Gasteiger partial charge in [0.05, 0.1) is 26.2 Å². The van der Waals surface area contributed by atoms with Gasteiger partial charge < -0.3 is 34.8 Å². The van der Waals surface area contributed by atoms with E-state index in [2.05, 4.69) is 9.88 Å². The number of nitrogen functional groups attached to an aromatic ring is 1. The highest BCUT2D eigenvalue weighted by Gasteiger charge is 2.36. The average Bonchev–Trinajstić information content (AvgIpc) is 2.95. The van der Waals surface area contributed by atoms with Gasteiger partial charge in [0, 0.05) is 57.1 Å². The molecular formula is C25H38ClN7O5. The van der Waals surface area contributed by atoms with Crippen LogP contribution in [0, 0.1) is 11.3 Å². The smallest absolute Gasteiger partial charge is 0.320 e. The first-order chi connectivity index (χ1) is 17.9. The summed E-state index contributed by atoms with van der Waals surface area (Å²) < 4.78 is 10.3. The summed E-state index contributed by atoms with van der Waals surface area (Å²) in [5, 5.41) is 7.52. The van der Waals surface area contributed by atoms with Gasteiger partial charge in [0.15, 0.2) is 0 Å². The van der Waals surface area contributed by atoms with Crippen LogP contribution in [0.3, 0.4) is 0 Å². The van der Waals surface area contributed by atoms with Crippen LogP contribution in [0.2, 0.25) is 0 Å². The van der Waals surface area contributed by atoms with Crippen LogP contribution in [0.5, 0.6) is 0 Å². The Morgan fingerprint density at radius 1 is 1.05 bits per heavy atom. The fourth-order valence-electron chi connectivity index (χ4n) is 5.24. The van der Waals surface area contributed by atoms with Gasteiger partial charge in [-0.3, -0.25) is 15.0 Å². The number of amidine groups is 1. The van der Waals surface area contributed by atoms with E-state index in [4.69, 9.17) is 20.6 Å². The van der Waals surface area contributed by atoms with E-state index in [-0.39, 0.29) is 54.7 Å². The highest BCUT2D eigenvalue weighted by Crippen LogP contribution is 2.29. The zero-order valence-electron chi connectivity index (χ0n) is 21.8. The minimum absolute atomic E-state index is 0. The molecule has 0 bridgehead atoms. The summed E-state index contributed by atoms with van der Waals surface area (Å²) >= 11 is 0. The molecule has 0 atom stereocenters. The van der Waals surface area contributed by atoms with Crippen molar-refractivity contribution in [3.05, 3.63) is 23.9 Å². The van der Waals surface area contributed by atoms with Gasteiger partial charge in [-0.05, 0) is 37.8 Å². The van der Waals surface area contributed by atoms with E-state index >= 15 is 0 Å². The lowest BCUT2D eigenvalue weighted by Crippen LogP contribution is -2.58. The molecule has 3 fully saturated rings. The van der Waals surface area contributed by atoms with Crippen molar-refractivity contribution in [3.8, 4) is 0 Å². The third-order valence-corrected chi connectivity index (χ3v) is 7.52. The first kappa shape index (κ1) is 29.4. The molecule has 12 nitrogen and oxygen atoms in total. The summed E-state index contributed by atoms with van der Waals surface area (Å²) in [6.45, 7) is 4.34. The Hall–Kier alpha value is -3.12. The molecule has 13 heteroatoms. The van der Waals surface area contributed by atoms with Crippen molar-refractivity contribution < 1.29 is 23.9 Å². The second kappa shape index (κ2) is 13.6. The summed E-state index contributed by atoms with van der Waals surface area (Å²) in [6, 6.07) is 3.37. The van der Waals surface area contributed by atoms with E-state index in [1.54, 1.807) is 27.0 Å². The van der Waals surface area contributed by atoms with Gasteiger partial charge >= 0.3 is 12.0 Å². The Balaban J connectivity index is 0.00000400. The molecule has 0 unspecified atom stereocenters. The first-order valence-electron chi connectivity index (χ1n) is 12.9. The topological polar surface area (TPSA) is 145 Å². The maximum Gasteiger partial charge on any atom is 0.320 e. The van der Waals surface area contributed by atoms with Gasteiger partial charge in [-0.1, -0.05) is 0 Å². The standard InChI is InChI=1S/C25H37N7O5.ClH/c1-36-24(34)18-2-5-20(6-3-18)32(17-22(33)30-12-14-37-15-13-30)25(35)31-10-8-29(9-11-31)21-7-4-19(16-28-21)23(26)27;/h4,7,16,18,20H,2-3,5-6,8-15,17H2,1H3,(H3,26,27);1H. The minimum Gasteiger partial charge on any atom is -0.469 e. The Morgan fingerprint density at radius 2 is 1.71 bits per heavy atom. The number of halogens is 1. The third-order valence-electron chi connectivity index (χ3n) is 7.52. The van der Waals surface area contributed by atoms with Crippen molar-refractivity contribution in [1.29, 1.82) is 5.41 Å². The molecule has 1 aromatic rings. The number of carbonyl (C=O) groups is 3. The van der Waals surface area contributed by atoms with Gasteiger partial charge in [0.1, 0.15) is 18.2 Å². The van der Waals surface area contributed by atoms with Gasteiger partial charge in [-0.15, -0.1) is 12.4 Å². The van der Waals surface area contributed by atoms with Gasteiger partial charge in [0.25, 0.3) is 0 Å². The molecule has 3 heterocycles. The van der Waals surface area contributed by atoms with Crippen LogP contribution in [-0.2, 0) is 19.1 Å². The van der Waals surface area contributed by atoms with Crippen molar-refractivity contribution in [3.63, 3.8) is 0 Å². The van der Waals surface area contributed by atoms with Crippen molar-refractivity contribution in [2.45, 2.75) is 31.7 Å². The number of hydrogen-bond donors (Lipinski definition) is 2. The number of esters is 1. The molecule has 1 aliphatic carbocycles. The number of pyridine rings is 1. The zero-order valence-corrected chi connectivity index (χ0v) is 22.7. The molecule has 2 saturated heterocycles. The predicted molar refractivity (Wildman–Crippen MR) is 144 cm³/mol. The maximum atomic E-state index is 13.7. The normalized spacial score (nSPS) is 21.8. The summed E-state index contributed by atoms with van der Waals surface area (Å²) in [7, 11) is 1.40. The Morgan fingerprint density at radius 3 is 2.26 bits per heavy atom. The molecule has 4 rings (SSSR count). The second-order valence-corrected chi connectivity index (χ2v) is 9.73. The molecule has 2 aliphatic heterocycles. The Kier molecular flexibility index (Phi) is 10.5. The number of carbonyl (C=O) groups excluding carboxylic acids is 3. The van der Waals surface area contributed by atoms with Crippen LogP contribution in [0.15, 0.2) is 18.3 Å². The molecule has 3 aliphatic rings. The third kappa shape index (κ3) is 7.04. The van der Waals surface area contributed by atoms with Crippen LogP contribution in [0.1, 0.15) is 31.2 Å². The number of aromatic nitrogens is 1. The lowest BCUT2D eigenvalue weighted by atomic mass is 9.85. The van der Waals surface area contributed by atoms with E-state index in [1.165, 1.54) is 7.11 Å². The van der Waals surface area contributed by atoms with Gasteiger partial charge in [-0.2, -0.15) is 0 Å². The van der Waals surface area contributed by atoms with Crippen LogP contribution in [-0.4, -0.2) is 116 Å². The lowest BCUT2D eigenvalue weighted by molar-refractivity contribution is -0.147. The Bertz CT molecular complexity index is 973. The number of urea groups is 1. The highest BCUT2D eigenvalue weighted by molar-refractivity contribution is 5.94. The number of methoxy groups -OCH3 is 1. The van der Waals surface area contributed by atoms with E-state index < -0.39 is 0 Å². The fraction of sp³-hybridized carbons (Fsp3) is 0.640.